The van der Waals surface area contributed by atoms with Gasteiger partial charge >= 0.3 is 0 Å². The zero-order valence-corrected chi connectivity index (χ0v) is 7.19. The highest BCUT2D eigenvalue weighted by molar-refractivity contribution is 8.17. The Labute approximate surface area is 55.1 Å². The molecular formula is C4H10Cl2P+. The molecule has 0 fully saturated rings. The predicted octanol–water partition coefficient (Wildman–Crippen LogP) is 3.35. The SMILES string of the molecule is CC(C)[P+](C)(Cl)Cl. The van der Waals surface area contributed by atoms with Gasteiger partial charge in [0, 0.05) is 0 Å². The van der Waals surface area contributed by atoms with E-state index in [9.17, 15) is 0 Å². The highest BCUT2D eigenvalue weighted by Crippen LogP contribution is 2.69. The largest absolute Gasteiger partial charge is 0.211 e. The van der Waals surface area contributed by atoms with Crippen LogP contribution in [-0.4, -0.2) is 12.3 Å². The molecule has 7 heavy (non-hydrogen) atoms. The van der Waals surface area contributed by atoms with Crippen LogP contribution in [0.15, 0.2) is 0 Å². The van der Waals surface area contributed by atoms with Crippen LogP contribution in [0.2, 0.25) is 0 Å². The maximum atomic E-state index is 5.74. The summed E-state index contributed by atoms with van der Waals surface area (Å²) in [5, 5.41) is 0. The van der Waals surface area contributed by atoms with E-state index >= 15 is 0 Å². The van der Waals surface area contributed by atoms with Gasteiger partial charge in [-0.2, -0.15) is 0 Å². The molecule has 0 saturated carbocycles. The normalized spacial score (nSPS) is 12.9. The van der Waals surface area contributed by atoms with E-state index in [1.165, 1.54) is 0 Å². The predicted molar refractivity (Wildman–Crippen MR) is 39.7 cm³/mol. The maximum absolute atomic E-state index is 5.74. The van der Waals surface area contributed by atoms with E-state index < -0.39 is 5.97 Å². The summed E-state index contributed by atoms with van der Waals surface area (Å²) in [5.74, 6) is -1.54. The number of hydrogen-bond donors (Lipinski definition) is 0. The van der Waals surface area contributed by atoms with Crippen molar-refractivity contribution >= 4 is 28.4 Å². The quantitative estimate of drug-likeness (QED) is 0.516. The number of rotatable bonds is 1. The second-order valence-electron chi connectivity index (χ2n) is 1.95. The lowest BCUT2D eigenvalue weighted by atomic mass is 10.6. The Kier molecular flexibility index (Phi) is 2.89. The van der Waals surface area contributed by atoms with Gasteiger partial charge in [-0.15, -0.1) is 0 Å². The lowest BCUT2D eigenvalue weighted by Gasteiger charge is -2.05. The van der Waals surface area contributed by atoms with Crippen molar-refractivity contribution in [1.29, 1.82) is 0 Å². The molecule has 0 N–H and O–H groups in total. The third kappa shape index (κ3) is 3.58. The van der Waals surface area contributed by atoms with Crippen LogP contribution in [0.1, 0.15) is 13.8 Å². The van der Waals surface area contributed by atoms with Crippen LogP contribution >= 0.6 is 28.4 Å². The second kappa shape index (κ2) is 2.53. The molecule has 0 aromatic heterocycles. The minimum atomic E-state index is -1.54. The fourth-order valence-corrected chi connectivity index (χ4v) is 0. The Balaban J connectivity index is 3.54. The van der Waals surface area contributed by atoms with Crippen molar-refractivity contribution in [3.05, 3.63) is 0 Å². The lowest BCUT2D eigenvalue weighted by Crippen LogP contribution is -1.90. The van der Waals surface area contributed by atoms with Gasteiger partial charge in [0.25, 0.3) is 0 Å². The molecule has 0 nitrogen and oxygen atoms in total. The average Bonchev–Trinajstić information content (AvgIpc) is 1.31. The Hall–Kier alpha value is 1.01. The number of halogens is 2. The number of hydrogen-bond acceptors (Lipinski definition) is 0. The molecule has 0 aliphatic rings. The highest BCUT2D eigenvalue weighted by atomic mass is 35.9. The zero-order chi connectivity index (χ0) is 6.08. The molecule has 3 heteroatoms. The van der Waals surface area contributed by atoms with Crippen LogP contribution in [0.4, 0.5) is 0 Å². The van der Waals surface area contributed by atoms with E-state index in [1.54, 1.807) is 0 Å². The van der Waals surface area contributed by atoms with Crippen molar-refractivity contribution in [2.45, 2.75) is 19.5 Å². The molecule has 44 valence electrons. The molecule has 0 atom stereocenters. The summed E-state index contributed by atoms with van der Waals surface area (Å²) in [5.41, 5.74) is 0.441. The minimum Gasteiger partial charge on any atom is -0.0257 e. The van der Waals surface area contributed by atoms with Crippen LogP contribution in [0, 0.1) is 0 Å². The Morgan fingerprint density at radius 3 is 1.43 bits per heavy atom. The van der Waals surface area contributed by atoms with Crippen molar-refractivity contribution in [3.8, 4) is 0 Å². The highest BCUT2D eigenvalue weighted by Gasteiger charge is 2.31. The smallest absolute Gasteiger partial charge is 0.0257 e. The van der Waals surface area contributed by atoms with Gasteiger partial charge in [0.05, 0.1) is 12.3 Å². The van der Waals surface area contributed by atoms with E-state index in [0.717, 1.165) is 0 Å². The van der Waals surface area contributed by atoms with Crippen LogP contribution in [0.25, 0.3) is 0 Å². The van der Waals surface area contributed by atoms with E-state index in [-0.39, 0.29) is 0 Å². The summed E-state index contributed by atoms with van der Waals surface area (Å²) in [4.78, 5) is 0. The Bertz CT molecular complexity index is 55.2. The Morgan fingerprint density at radius 2 is 1.43 bits per heavy atom. The van der Waals surface area contributed by atoms with E-state index in [0.29, 0.717) is 5.66 Å². The summed E-state index contributed by atoms with van der Waals surface area (Å²) in [6.45, 7) is 5.97. The maximum Gasteiger partial charge on any atom is 0.211 e. The molecule has 0 heterocycles. The summed E-state index contributed by atoms with van der Waals surface area (Å²) >= 11 is 11.5. The molecule has 0 aromatic carbocycles. The van der Waals surface area contributed by atoms with Gasteiger partial charge in [0.2, 0.25) is 5.97 Å². The second-order valence-corrected chi connectivity index (χ2v) is 9.43. The summed E-state index contributed by atoms with van der Waals surface area (Å²) in [6, 6.07) is 0. The van der Waals surface area contributed by atoms with Gasteiger partial charge in [0.15, 0.2) is 0 Å². The summed E-state index contributed by atoms with van der Waals surface area (Å²) < 4.78 is 0. The van der Waals surface area contributed by atoms with Gasteiger partial charge in [0.1, 0.15) is 22.5 Å². The summed E-state index contributed by atoms with van der Waals surface area (Å²) in [6.07, 6.45) is 0. The topological polar surface area (TPSA) is 0 Å². The molecule has 0 saturated heterocycles. The first-order valence-electron chi connectivity index (χ1n) is 2.20. The molecule has 0 spiro atoms. The first kappa shape index (κ1) is 8.01. The monoisotopic (exact) mass is 159 g/mol. The molecule has 0 amide bonds. The zero-order valence-electron chi connectivity index (χ0n) is 4.78. The molecule has 0 aromatic rings. The van der Waals surface area contributed by atoms with Crippen LogP contribution in [-0.2, 0) is 0 Å². The van der Waals surface area contributed by atoms with Gasteiger partial charge in [-0.05, 0) is 13.8 Å². The van der Waals surface area contributed by atoms with Gasteiger partial charge in [-0.1, -0.05) is 0 Å². The van der Waals surface area contributed by atoms with Gasteiger partial charge < -0.3 is 0 Å². The van der Waals surface area contributed by atoms with E-state index in [2.05, 4.69) is 0 Å². The molecular weight excluding hydrogens is 150 g/mol. The molecule has 0 aliphatic carbocycles. The fraction of sp³-hybridized carbons (Fsp3) is 1.00. The van der Waals surface area contributed by atoms with Crippen molar-refractivity contribution in [3.63, 3.8) is 0 Å². The van der Waals surface area contributed by atoms with Gasteiger partial charge in [-0.3, -0.25) is 0 Å². The van der Waals surface area contributed by atoms with Crippen molar-refractivity contribution in [2.24, 2.45) is 0 Å². The van der Waals surface area contributed by atoms with Crippen molar-refractivity contribution in [2.75, 3.05) is 6.66 Å². The third-order valence-electron chi connectivity index (χ3n) is 0.907. The molecule has 0 bridgehead atoms. The molecule has 0 aliphatic heterocycles. The Morgan fingerprint density at radius 1 is 1.29 bits per heavy atom. The van der Waals surface area contributed by atoms with Gasteiger partial charge in [-0.25, -0.2) is 0 Å². The lowest BCUT2D eigenvalue weighted by molar-refractivity contribution is 1.10. The molecule has 0 unspecified atom stereocenters. The standard InChI is InChI=1S/C4H10Cl2P/c1-4(2)7(3,5)6/h4H,1-3H3/q+1. The first-order chi connectivity index (χ1) is 2.94. The van der Waals surface area contributed by atoms with E-state index in [4.69, 9.17) is 22.5 Å². The van der Waals surface area contributed by atoms with Crippen molar-refractivity contribution < 1.29 is 0 Å². The third-order valence-corrected chi connectivity index (χ3v) is 5.06. The fourth-order valence-electron chi connectivity index (χ4n) is 0. The summed E-state index contributed by atoms with van der Waals surface area (Å²) in [7, 11) is 0. The van der Waals surface area contributed by atoms with Crippen LogP contribution in [0.3, 0.4) is 0 Å². The molecule has 0 rings (SSSR count). The van der Waals surface area contributed by atoms with Crippen molar-refractivity contribution in [1.82, 2.24) is 0 Å². The van der Waals surface area contributed by atoms with Crippen LogP contribution in [0.5, 0.6) is 0 Å². The minimum absolute atomic E-state index is 0.441. The average molecular weight is 160 g/mol. The first-order valence-corrected chi connectivity index (χ1v) is 6.31. The molecule has 0 radical (unpaired) electrons. The van der Waals surface area contributed by atoms with Crippen LogP contribution < -0.4 is 0 Å². The van der Waals surface area contributed by atoms with E-state index in [1.807, 2.05) is 20.5 Å².